The van der Waals surface area contributed by atoms with Crippen LogP contribution in [0.15, 0.2) is 35.1 Å². The lowest BCUT2D eigenvalue weighted by Gasteiger charge is -1.94. The number of hydrogen-bond donors (Lipinski definition) is 0. The lowest BCUT2D eigenvalue weighted by atomic mass is 10.3. The van der Waals surface area contributed by atoms with Crippen LogP contribution in [0.2, 0.25) is 0 Å². The first-order chi connectivity index (χ1) is 8.81. The fourth-order valence-corrected chi connectivity index (χ4v) is 1.75. The first-order valence-corrected chi connectivity index (χ1v) is 7.51. The van der Waals surface area contributed by atoms with E-state index in [1.165, 1.54) is 23.5 Å². The summed E-state index contributed by atoms with van der Waals surface area (Å²) in [5, 5.41) is 1.49. The average molecular weight is 274 g/mol. The molecule has 2 rings (SSSR count). The maximum absolute atomic E-state index is 4.15. The van der Waals surface area contributed by atoms with Gasteiger partial charge in [0.15, 0.2) is 10.3 Å². The van der Waals surface area contributed by atoms with Crippen LogP contribution in [0.25, 0.3) is 0 Å². The molecule has 0 aliphatic heterocycles. The molecule has 0 unspecified atom stereocenters. The third-order valence-electron chi connectivity index (χ3n) is 1.97. The Labute approximate surface area is 114 Å². The minimum absolute atomic E-state index is 0.744. The quantitative estimate of drug-likeness (QED) is 0.475. The number of thioether (sulfide) groups is 2. The molecule has 0 bridgehead atoms. The molecule has 0 aromatic carbocycles. The highest BCUT2D eigenvalue weighted by Crippen LogP contribution is 2.07. The van der Waals surface area contributed by atoms with Crippen molar-refractivity contribution in [2.45, 2.75) is 10.3 Å². The van der Waals surface area contributed by atoms with Crippen molar-refractivity contribution in [1.82, 2.24) is 19.9 Å². The van der Waals surface area contributed by atoms with E-state index < -0.39 is 0 Å². The molecular weight excluding hydrogens is 264 g/mol. The Morgan fingerprint density at radius 1 is 0.722 bits per heavy atom. The summed E-state index contributed by atoms with van der Waals surface area (Å²) in [7, 11) is 0. The van der Waals surface area contributed by atoms with Crippen molar-refractivity contribution in [2.24, 2.45) is 0 Å². The monoisotopic (exact) mass is 274 g/mol. The molecule has 0 N–H and O–H groups in total. The van der Waals surface area contributed by atoms with Crippen LogP contribution in [0.4, 0.5) is 0 Å². The summed E-state index contributed by atoms with van der Waals surface area (Å²) < 4.78 is 0. The van der Waals surface area contributed by atoms with Crippen molar-refractivity contribution in [1.29, 1.82) is 0 Å². The van der Waals surface area contributed by atoms with Crippen molar-refractivity contribution >= 4 is 23.5 Å². The van der Waals surface area contributed by atoms with Crippen LogP contribution in [0, 0.1) is 11.8 Å². The van der Waals surface area contributed by atoms with Crippen LogP contribution in [-0.4, -0.2) is 32.4 Å². The van der Waals surface area contributed by atoms with Gasteiger partial charge in [-0.2, -0.15) is 0 Å². The van der Waals surface area contributed by atoms with Crippen molar-refractivity contribution in [2.75, 3.05) is 12.5 Å². The van der Waals surface area contributed by atoms with Gasteiger partial charge in [-0.3, -0.25) is 0 Å². The molecule has 0 amide bonds. The molecule has 6 heteroatoms. The van der Waals surface area contributed by atoms with Gasteiger partial charge in [-0.1, -0.05) is 35.4 Å². The number of nitrogens with zero attached hydrogens (tertiary/aromatic N) is 4. The van der Waals surface area contributed by atoms with Crippen molar-refractivity contribution in [3.63, 3.8) is 0 Å². The highest BCUT2D eigenvalue weighted by atomic mass is 32.2. The van der Waals surface area contributed by atoms with Crippen LogP contribution in [0.3, 0.4) is 0 Å². The SMILES string of the molecule is CSc1ncc(C#Cc2cnc(SC)nc2)cn1. The topological polar surface area (TPSA) is 51.6 Å². The summed E-state index contributed by atoms with van der Waals surface area (Å²) in [5.74, 6) is 5.96. The fraction of sp³-hybridized carbons (Fsp3) is 0.167. The second-order valence-electron chi connectivity index (χ2n) is 3.17. The van der Waals surface area contributed by atoms with E-state index in [4.69, 9.17) is 0 Å². The predicted molar refractivity (Wildman–Crippen MR) is 73.6 cm³/mol. The Hall–Kier alpha value is -1.58. The second-order valence-corrected chi connectivity index (χ2v) is 4.71. The zero-order chi connectivity index (χ0) is 12.8. The van der Waals surface area contributed by atoms with Gasteiger partial charge in [0.1, 0.15) is 0 Å². The number of rotatable bonds is 2. The smallest absolute Gasteiger partial charge is 0.187 e. The molecule has 0 fully saturated rings. The summed E-state index contributed by atoms with van der Waals surface area (Å²) in [5.41, 5.74) is 1.56. The van der Waals surface area contributed by atoms with Crippen LogP contribution < -0.4 is 0 Å². The van der Waals surface area contributed by atoms with Gasteiger partial charge in [0, 0.05) is 24.8 Å². The maximum atomic E-state index is 4.15. The lowest BCUT2D eigenvalue weighted by molar-refractivity contribution is 0.962. The minimum Gasteiger partial charge on any atom is -0.230 e. The third kappa shape index (κ3) is 3.45. The van der Waals surface area contributed by atoms with Crippen LogP contribution in [0.1, 0.15) is 11.1 Å². The molecule has 2 aromatic heterocycles. The van der Waals surface area contributed by atoms with Crippen molar-refractivity contribution in [3.05, 3.63) is 35.9 Å². The maximum Gasteiger partial charge on any atom is 0.187 e. The lowest BCUT2D eigenvalue weighted by Crippen LogP contribution is -1.88. The Morgan fingerprint density at radius 2 is 1.06 bits per heavy atom. The van der Waals surface area contributed by atoms with Gasteiger partial charge in [-0.15, -0.1) is 0 Å². The number of hydrogen-bond acceptors (Lipinski definition) is 6. The van der Waals surface area contributed by atoms with Gasteiger partial charge in [0.05, 0.1) is 11.1 Å². The van der Waals surface area contributed by atoms with E-state index in [1.54, 1.807) is 24.8 Å². The number of aromatic nitrogens is 4. The molecule has 2 aromatic rings. The molecular formula is C12H10N4S2. The van der Waals surface area contributed by atoms with E-state index >= 15 is 0 Å². The summed E-state index contributed by atoms with van der Waals surface area (Å²) in [4.78, 5) is 16.6. The van der Waals surface area contributed by atoms with Crippen LogP contribution in [-0.2, 0) is 0 Å². The van der Waals surface area contributed by atoms with Gasteiger partial charge in [-0.05, 0) is 12.5 Å². The van der Waals surface area contributed by atoms with E-state index in [2.05, 4.69) is 31.8 Å². The summed E-state index contributed by atoms with van der Waals surface area (Å²) in [6.07, 6.45) is 10.7. The van der Waals surface area contributed by atoms with Gasteiger partial charge >= 0.3 is 0 Å². The highest BCUT2D eigenvalue weighted by molar-refractivity contribution is 7.98. The van der Waals surface area contributed by atoms with Gasteiger partial charge < -0.3 is 0 Å². The van der Waals surface area contributed by atoms with Crippen molar-refractivity contribution in [3.8, 4) is 11.8 Å². The normalized spacial score (nSPS) is 9.67. The first kappa shape index (κ1) is 12.9. The summed E-state index contributed by atoms with van der Waals surface area (Å²) >= 11 is 3.01. The predicted octanol–water partition coefficient (Wildman–Crippen LogP) is 2.11. The molecule has 0 aliphatic rings. The zero-order valence-electron chi connectivity index (χ0n) is 9.91. The summed E-state index contributed by atoms with van der Waals surface area (Å²) in [6, 6.07) is 0. The Bertz CT molecular complexity index is 518. The molecule has 0 radical (unpaired) electrons. The molecule has 0 spiro atoms. The summed E-state index contributed by atoms with van der Waals surface area (Å²) in [6.45, 7) is 0. The third-order valence-corrected chi connectivity index (χ3v) is 3.12. The van der Waals surface area contributed by atoms with E-state index in [0.29, 0.717) is 0 Å². The van der Waals surface area contributed by atoms with E-state index in [1.807, 2.05) is 12.5 Å². The van der Waals surface area contributed by atoms with E-state index in [0.717, 1.165) is 21.4 Å². The van der Waals surface area contributed by atoms with E-state index in [9.17, 15) is 0 Å². The Morgan fingerprint density at radius 3 is 1.33 bits per heavy atom. The van der Waals surface area contributed by atoms with Crippen molar-refractivity contribution < 1.29 is 0 Å². The zero-order valence-corrected chi connectivity index (χ0v) is 11.5. The first-order valence-electron chi connectivity index (χ1n) is 5.06. The van der Waals surface area contributed by atoms with Gasteiger partial charge in [0.25, 0.3) is 0 Å². The van der Waals surface area contributed by atoms with Crippen LogP contribution in [0.5, 0.6) is 0 Å². The molecule has 0 saturated heterocycles. The Balaban J connectivity index is 2.14. The van der Waals surface area contributed by atoms with Crippen LogP contribution >= 0.6 is 23.5 Å². The Kier molecular flexibility index (Phi) is 4.56. The van der Waals surface area contributed by atoms with E-state index in [-0.39, 0.29) is 0 Å². The molecule has 0 atom stereocenters. The standard InChI is InChI=1S/C12H10N4S2/c1-17-11-13-5-9(6-14-11)3-4-10-7-15-12(18-2)16-8-10/h5-8H,1-2H3. The van der Waals surface area contributed by atoms with Gasteiger partial charge in [0.2, 0.25) is 0 Å². The molecule has 2 heterocycles. The molecule has 90 valence electrons. The molecule has 4 nitrogen and oxygen atoms in total. The second kappa shape index (κ2) is 6.38. The largest absolute Gasteiger partial charge is 0.230 e. The minimum atomic E-state index is 0.744. The average Bonchev–Trinajstić information content (AvgIpc) is 2.46. The van der Waals surface area contributed by atoms with Gasteiger partial charge in [-0.25, -0.2) is 19.9 Å². The highest BCUT2D eigenvalue weighted by Gasteiger charge is 1.94. The fourth-order valence-electron chi connectivity index (χ4n) is 1.12. The molecule has 0 aliphatic carbocycles. The molecule has 0 saturated carbocycles. The molecule has 18 heavy (non-hydrogen) atoms.